The molecule has 1 unspecified atom stereocenters. The maximum absolute atomic E-state index is 9.70. The van der Waals surface area contributed by atoms with Gasteiger partial charge in [0.25, 0.3) is 0 Å². The van der Waals surface area contributed by atoms with E-state index in [1.165, 1.54) is 38.0 Å². The van der Waals surface area contributed by atoms with Gasteiger partial charge >= 0.3 is 0 Å². The van der Waals surface area contributed by atoms with E-state index in [1.807, 2.05) is 6.92 Å². The van der Waals surface area contributed by atoms with E-state index in [0.717, 1.165) is 5.69 Å². The van der Waals surface area contributed by atoms with Crippen LogP contribution < -0.4 is 10.2 Å². The SMILES string of the molecule is CCOCC(O)CNc1ccc(N2CCCCC2)cc1. The third kappa shape index (κ3) is 4.69. The second-order valence-electron chi connectivity index (χ2n) is 5.29. The molecule has 0 amide bonds. The second-order valence-corrected chi connectivity index (χ2v) is 5.29. The van der Waals surface area contributed by atoms with Crippen LogP contribution in [0.1, 0.15) is 26.2 Å². The Balaban J connectivity index is 1.79. The Bertz CT molecular complexity index is 375. The number of nitrogens with zero attached hydrogens (tertiary/aromatic N) is 1. The maximum Gasteiger partial charge on any atom is 0.0945 e. The molecule has 0 bridgehead atoms. The van der Waals surface area contributed by atoms with Gasteiger partial charge in [0, 0.05) is 37.6 Å². The number of rotatable bonds is 7. The second kappa shape index (κ2) is 8.12. The molecular weight excluding hydrogens is 252 g/mol. The molecule has 1 fully saturated rings. The molecule has 1 heterocycles. The Morgan fingerprint density at radius 1 is 1.20 bits per heavy atom. The number of ether oxygens (including phenoxy) is 1. The lowest BCUT2D eigenvalue weighted by Crippen LogP contribution is -2.29. The van der Waals surface area contributed by atoms with Crippen molar-refractivity contribution in [2.45, 2.75) is 32.3 Å². The van der Waals surface area contributed by atoms with Crippen LogP contribution in [0.3, 0.4) is 0 Å². The fraction of sp³-hybridized carbons (Fsp3) is 0.625. The van der Waals surface area contributed by atoms with Gasteiger partial charge in [-0.1, -0.05) is 0 Å². The van der Waals surface area contributed by atoms with Gasteiger partial charge in [0.1, 0.15) is 0 Å². The molecule has 2 rings (SSSR count). The molecule has 4 nitrogen and oxygen atoms in total. The van der Waals surface area contributed by atoms with Crippen LogP contribution in [0.5, 0.6) is 0 Å². The minimum atomic E-state index is -0.461. The monoisotopic (exact) mass is 278 g/mol. The van der Waals surface area contributed by atoms with E-state index in [0.29, 0.717) is 19.8 Å². The van der Waals surface area contributed by atoms with E-state index >= 15 is 0 Å². The third-order valence-corrected chi connectivity index (χ3v) is 3.64. The summed E-state index contributed by atoms with van der Waals surface area (Å²) >= 11 is 0. The summed E-state index contributed by atoms with van der Waals surface area (Å²) < 4.78 is 5.19. The molecule has 1 aromatic rings. The number of nitrogens with one attached hydrogen (secondary N) is 1. The number of benzene rings is 1. The van der Waals surface area contributed by atoms with Crippen molar-refractivity contribution < 1.29 is 9.84 Å². The van der Waals surface area contributed by atoms with Crippen molar-refractivity contribution in [1.82, 2.24) is 0 Å². The summed E-state index contributed by atoms with van der Waals surface area (Å²) in [4.78, 5) is 2.44. The predicted molar refractivity (Wildman–Crippen MR) is 83.5 cm³/mol. The Kier molecular flexibility index (Phi) is 6.15. The summed E-state index contributed by atoms with van der Waals surface area (Å²) in [5.74, 6) is 0. The summed E-state index contributed by atoms with van der Waals surface area (Å²) in [6.07, 6.45) is 3.48. The van der Waals surface area contributed by atoms with Gasteiger partial charge in [-0.05, 0) is 50.5 Å². The zero-order chi connectivity index (χ0) is 14.2. The van der Waals surface area contributed by atoms with Crippen LogP contribution in [0.15, 0.2) is 24.3 Å². The third-order valence-electron chi connectivity index (χ3n) is 3.64. The van der Waals surface area contributed by atoms with Gasteiger partial charge < -0.3 is 20.1 Å². The van der Waals surface area contributed by atoms with Crippen LogP contribution in [0, 0.1) is 0 Å². The lowest BCUT2D eigenvalue weighted by atomic mass is 10.1. The van der Waals surface area contributed by atoms with Crippen molar-refractivity contribution in [2.24, 2.45) is 0 Å². The molecule has 0 saturated carbocycles. The van der Waals surface area contributed by atoms with Gasteiger partial charge in [-0.15, -0.1) is 0 Å². The van der Waals surface area contributed by atoms with Crippen LogP contribution in [-0.4, -0.2) is 44.1 Å². The fourth-order valence-corrected chi connectivity index (χ4v) is 2.49. The van der Waals surface area contributed by atoms with Gasteiger partial charge in [-0.25, -0.2) is 0 Å². The lowest BCUT2D eigenvalue weighted by Gasteiger charge is -2.29. The lowest BCUT2D eigenvalue weighted by molar-refractivity contribution is 0.0496. The largest absolute Gasteiger partial charge is 0.389 e. The molecule has 0 aromatic heterocycles. The van der Waals surface area contributed by atoms with Crippen LogP contribution in [0.25, 0.3) is 0 Å². The van der Waals surface area contributed by atoms with Crippen molar-refractivity contribution in [3.8, 4) is 0 Å². The van der Waals surface area contributed by atoms with Gasteiger partial charge in [0.2, 0.25) is 0 Å². The van der Waals surface area contributed by atoms with Crippen LogP contribution in [0.2, 0.25) is 0 Å². The maximum atomic E-state index is 9.70. The molecule has 2 N–H and O–H groups in total. The van der Waals surface area contributed by atoms with E-state index < -0.39 is 6.10 Å². The number of hydrogen-bond donors (Lipinski definition) is 2. The molecule has 1 atom stereocenters. The molecule has 0 spiro atoms. The molecule has 1 aliphatic heterocycles. The van der Waals surface area contributed by atoms with E-state index in [-0.39, 0.29) is 0 Å². The minimum Gasteiger partial charge on any atom is -0.389 e. The number of piperidine rings is 1. The Morgan fingerprint density at radius 3 is 2.55 bits per heavy atom. The number of aliphatic hydroxyl groups excluding tert-OH is 1. The van der Waals surface area contributed by atoms with Gasteiger partial charge in [0.15, 0.2) is 0 Å². The molecule has 4 heteroatoms. The van der Waals surface area contributed by atoms with Gasteiger partial charge in [-0.3, -0.25) is 0 Å². The molecule has 112 valence electrons. The Morgan fingerprint density at radius 2 is 1.90 bits per heavy atom. The summed E-state index contributed by atoms with van der Waals surface area (Å²) in [6.45, 7) is 5.80. The smallest absolute Gasteiger partial charge is 0.0945 e. The van der Waals surface area contributed by atoms with Gasteiger partial charge in [-0.2, -0.15) is 0 Å². The van der Waals surface area contributed by atoms with E-state index in [2.05, 4.69) is 34.5 Å². The predicted octanol–water partition coefficient (Wildman–Crippen LogP) is 2.49. The highest BCUT2D eigenvalue weighted by atomic mass is 16.5. The standard InChI is InChI=1S/C16H26N2O2/c1-2-20-13-16(19)12-17-14-6-8-15(9-7-14)18-10-4-3-5-11-18/h6-9,16-17,19H,2-5,10-13H2,1H3. The van der Waals surface area contributed by atoms with Crippen LogP contribution in [0.4, 0.5) is 11.4 Å². The molecule has 1 saturated heterocycles. The minimum absolute atomic E-state index is 0.384. The van der Waals surface area contributed by atoms with Crippen molar-refractivity contribution in [2.75, 3.05) is 43.1 Å². The van der Waals surface area contributed by atoms with E-state index in [4.69, 9.17) is 4.74 Å². The molecule has 1 aliphatic rings. The molecule has 1 aromatic carbocycles. The quantitative estimate of drug-likeness (QED) is 0.804. The van der Waals surface area contributed by atoms with Crippen molar-refractivity contribution >= 4 is 11.4 Å². The Labute approximate surface area is 121 Å². The summed E-state index contributed by atoms with van der Waals surface area (Å²) in [5, 5.41) is 12.9. The van der Waals surface area contributed by atoms with Crippen molar-refractivity contribution in [3.63, 3.8) is 0 Å². The van der Waals surface area contributed by atoms with Crippen molar-refractivity contribution in [1.29, 1.82) is 0 Å². The normalized spacial score (nSPS) is 17.0. The highest BCUT2D eigenvalue weighted by Gasteiger charge is 2.10. The first kappa shape index (κ1) is 15.1. The number of anilines is 2. The topological polar surface area (TPSA) is 44.7 Å². The average molecular weight is 278 g/mol. The van der Waals surface area contributed by atoms with Crippen LogP contribution >= 0.6 is 0 Å². The molecule has 20 heavy (non-hydrogen) atoms. The molecule has 0 aliphatic carbocycles. The summed E-state index contributed by atoms with van der Waals surface area (Å²) in [6, 6.07) is 8.47. The first-order valence-corrected chi connectivity index (χ1v) is 7.64. The van der Waals surface area contributed by atoms with Crippen molar-refractivity contribution in [3.05, 3.63) is 24.3 Å². The summed E-state index contributed by atoms with van der Waals surface area (Å²) in [7, 11) is 0. The highest BCUT2D eigenvalue weighted by Crippen LogP contribution is 2.21. The zero-order valence-electron chi connectivity index (χ0n) is 12.3. The average Bonchev–Trinajstić information content (AvgIpc) is 2.52. The highest BCUT2D eigenvalue weighted by molar-refractivity contribution is 5.55. The molecule has 0 radical (unpaired) electrons. The molecular formula is C16H26N2O2. The first-order chi connectivity index (χ1) is 9.79. The number of hydrogen-bond acceptors (Lipinski definition) is 4. The van der Waals surface area contributed by atoms with E-state index in [9.17, 15) is 5.11 Å². The Hall–Kier alpha value is -1.26. The van der Waals surface area contributed by atoms with E-state index in [1.54, 1.807) is 0 Å². The van der Waals surface area contributed by atoms with Gasteiger partial charge in [0.05, 0.1) is 12.7 Å². The first-order valence-electron chi connectivity index (χ1n) is 7.64. The number of aliphatic hydroxyl groups is 1. The zero-order valence-corrected chi connectivity index (χ0v) is 12.3. The fourth-order valence-electron chi connectivity index (χ4n) is 2.49. The van der Waals surface area contributed by atoms with Crippen LogP contribution in [-0.2, 0) is 4.74 Å². The summed E-state index contributed by atoms with van der Waals surface area (Å²) in [5.41, 5.74) is 2.34.